The predicted octanol–water partition coefficient (Wildman–Crippen LogP) is 3.58. The van der Waals surface area contributed by atoms with Gasteiger partial charge in [-0.25, -0.2) is 9.67 Å². The minimum Gasteiger partial charge on any atom is -0.343 e. The molecule has 0 atom stereocenters. The SMILES string of the molecule is CC(C)n1nc(-c2sc(NC(=O)CNCCCN3CCCC3=O)nc2-c2ccccc2)ccc1=O.Cl. The summed E-state index contributed by atoms with van der Waals surface area (Å²) in [4.78, 5) is 43.7. The van der Waals surface area contributed by atoms with Crippen LogP contribution in [0.5, 0.6) is 0 Å². The summed E-state index contributed by atoms with van der Waals surface area (Å²) in [5.74, 6) is 0.0251. The number of hydrogen-bond acceptors (Lipinski definition) is 7. The van der Waals surface area contributed by atoms with Crippen LogP contribution in [0.3, 0.4) is 0 Å². The topological polar surface area (TPSA) is 109 Å². The Kier molecular flexibility index (Phi) is 9.74. The highest BCUT2D eigenvalue weighted by Gasteiger charge is 2.20. The fraction of sp³-hybridized carbons (Fsp3) is 0.400. The first-order chi connectivity index (χ1) is 16.9. The van der Waals surface area contributed by atoms with Crippen molar-refractivity contribution in [2.24, 2.45) is 0 Å². The van der Waals surface area contributed by atoms with Crippen LogP contribution in [-0.4, -0.2) is 57.7 Å². The lowest BCUT2D eigenvalue weighted by molar-refractivity contribution is -0.127. The summed E-state index contributed by atoms with van der Waals surface area (Å²) in [6, 6.07) is 12.8. The average Bonchev–Trinajstić information content (AvgIpc) is 3.45. The number of thiazole rings is 1. The molecule has 0 aliphatic carbocycles. The van der Waals surface area contributed by atoms with Gasteiger partial charge >= 0.3 is 0 Å². The number of hydrogen-bond donors (Lipinski definition) is 2. The van der Waals surface area contributed by atoms with Gasteiger partial charge in [0.1, 0.15) is 5.69 Å². The van der Waals surface area contributed by atoms with E-state index in [0.29, 0.717) is 29.5 Å². The van der Waals surface area contributed by atoms with Crippen molar-refractivity contribution in [1.29, 1.82) is 0 Å². The average molecular weight is 531 g/mol. The number of aromatic nitrogens is 3. The maximum atomic E-state index is 12.5. The number of carbonyl (C=O) groups excluding carboxylic acids is 2. The van der Waals surface area contributed by atoms with Crippen molar-refractivity contribution in [3.05, 3.63) is 52.8 Å². The Labute approximate surface area is 220 Å². The van der Waals surface area contributed by atoms with E-state index in [0.717, 1.165) is 36.4 Å². The van der Waals surface area contributed by atoms with Gasteiger partial charge in [-0.1, -0.05) is 41.7 Å². The lowest BCUT2D eigenvalue weighted by Gasteiger charge is -2.15. The first-order valence-corrected chi connectivity index (χ1v) is 12.7. The summed E-state index contributed by atoms with van der Waals surface area (Å²) in [7, 11) is 0. The third-order valence-corrected chi connectivity index (χ3v) is 6.70. The van der Waals surface area contributed by atoms with Gasteiger partial charge in [0.25, 0.3) is 5.56 Å². The number of rotatable bonds is 10. The number of nitrogens with zero attached hydrogens (tertiary/aromatic N) is 4. The second kappa shape index (κ2) is 12.8. The van der Waals surface area contributed by atoms with Crippen molar-refractivity contribution in [2.45, 2.75) is 39.2 Å². The Hall–Kier alpha value is -3.08. The number of nitrogens with one attached hydrogen (secondary N) is 2. The number of anilines is 1. The Morgan fingerprint density at radius 1 is 1.14 bits per heavy atom. The van der Waals surface area contributed by atoms with Gasteiger partial charge < -0.3 is 15.5 Å². The van der Waals surface area contributed by atoms with Crippen LogP contribution in [0.1, 0.15) is 39.2 Å². The van der Waals surface area contributed by atoms with E-state index in [-0.39, 0.29) is 42.4 Å². The molecule has 2 amide bonds. The van der Waals surface area contributed by atoms with Crippen LogP contribution in [0.25, 0.3) is 21.8 Å². The van der Waals surface area contributed by atoms with Gasteiger partial charge in [-0.2, -0.15) is 5.10 Å². The molecule has 3 aromatic rings. The zero-order valence-electron chi connectivity index (χ0n) is 20.4. The summed E-state index contributed by atoms with van der Waals surface area (Å²) in [5.41, 5.74) is 2.07. The first kappa shape index (κ1) is 27.5. The minimum absolute atomic E-state index is 0. The monoisotopic (exact) mass is 530 g/mol. The van der Waals surface area contributed by atoms with Crippen LogP contribution in [-0.2, 0) is 9.59 Å². The van der Waals surface area contributed by atoms with Crippen LogP contribution < -0.4 is 16.2 Å². The molecule has 4 rings (SSSR count). The number of carbonyl (C=O) groups is 2. The summed E-state index contributed by atoms with van der Waals surface area (Å²) < 4.78 is 1.45. The van der Waals surface area contributed by atoms with Crippen LogP contribution >= 0.6 is 23.7 Å². The van der Waals surface area contributed by atoms with E-state index in [1.807, 2.05) is 49.1 Å². The van der Waals surface area contributed by atoms with Gasteiger partial charge in [-0.3, -0.25) is 14.4 Å². The van der Waals surface area contributed by atoms with E-state index < -0.39 is 0 Å². The molecule has 192 valence electrons. The fourth-order valence-electron chi connectivity index (χ4n) is 3.96. The van der Waals surface area contributed by atoms with E-state index in [9.17, 15) is 14.4 Å². The van der Waals surface area contributed by atoms with Crippen LogP contribution in [0.15, 0.2) is 47.3 Å². The standard InChI is InChI=1S/C25H30N6O3S.ClH/c1-17(2)31-22(34)12-11-19(29-31)24-23(18-8-4-3-5-9-18)28-25(35-24)27-20(32)16-26-13-7-15-30-14-6-10-21(30)33;/h3-5,8-9,11-12,17,26H,6-7,10,13-16H2,1-2H3,(H,27,28,32);1H. The fourth-order valence-corrected chi connectivity index (χ4v) is 4.92. The van der Waals surface area contributed by atoms with E-state index in [1.165, 1.54) is 22.1 Å². The van der Waals surface area contributed by atoms with Gasteiger partial charge in [0.15, 0.2) is 5.13 Å². The maximum Gasteiger partial charge on any atom is 0.267 e. The smallest absolute Gasteiger partial charge is 0.267 e. The van der Waals surface area contributed by atoms with Crippen LogP contribution in [0, 0.1) is 0 Å². The largest absolute Gasteiger partial charge is 0.343 e. The molecule has 0 radical (unpaired) electrons. The molecular weight excluding hydrogens is 500 g/mol. The third kappa shape index (κ3) is 6.77. The summed E-state index contributed by atoms with van der Waals surface area (Å²) in [6.07, 6.45) is 2.38. The predicted molar refractivity (Wildman–Crippen MR) is 145 cm³/mol. The molecule has 1 aliphatic rings. The lowest BCUT2D eigenvalue weighted by atomic mass is 10.1. The van der Waals surface area contributed by atoms with Gasteiger partial charge in [0.05, 0.1) is 23.2 Å². The second-order valence-electron chi connectivity index (χ2n) is 8.72. The van der Waals surface area contributed by atoms with E-state index >= 15 is 0 Å². The van der Waals surface area contributed by atoms with Gasteiger partial charge in [-0.15, -0.1) is 12.4 Å². The normalized spacial score (nSPS) is 13.2. The molecule has 2 aromatic heterocycles. The lowest BCUT2D eigenvalue weighted by Crippen LogP contribution is -2.32. The molecule has 1 saturated heterocycles. The third-order valence-electron chi connectivity index (χ3n) is 5.71. The van der Waals surface area contributed by atoms with Gasteiger partial charge in [-0.05, 0) is 39.3 Å². The highest BCUT2D eigenvalue weighted by molar-refractivity contribution is 7.19. The van der Waals surface area contributed by atoms with E-state index in [2.05, 4.69) is 20.7 Å². The molecule has 0 bridgehead atoms. The van der Waals surface area contributed by atoms with Gasteiger partial charge in [0, 0.05) is 31.1 Å². The molecule has 9 nitrogen and oxygen atoms in total. The van der Waals surface area contributed by atoms with Crippen molar-refractivity contribution in [3.63, 3.8) is 0 Å². The molecule has 1 fully saturated rings. The number of halogens is 1. The van der Waals surface area contributed by atoms with Crippen LogP contribution in [0.4, 0.5) is 5.13 Å². The number of amides is 2. The minimum atomic E-state index is -0.192. The Balaban J connectivity index is 0.00000361. The van der Waals surface area contributed by atoms with Crippen molar-refractivity contribution in [3.8, 4) is 21.8 Å². The van der Waals surface area contributed by atoms with E-state index in [1.54, 1.807) is 6.07 Å². The molecule has 2 N–H and O–H groups in total. The molecule has 36 heavy (non-hydrogen) atoms. The van der Waals surface area contributed by atoms with E-state index in [4.69, 9.17) is 0 Å². The summed E-state index contributed by atoms with van der Waals surface area (Å²) in [5, 5.41) is 11.0. The van der Waals surface area contributed by atoms with Crippen molar-refractivity contribution < 1.29 is 9.59 Å². The zero-order valence-corrected chi connectivity index (χ0v) is 22.0. The molecule has 11 heteroatoms. The molecular formula is C25H31ClN6O3S. The maximum absolute atomic E-state index is 12.5. The second-order valence-corrected chi connectivity index (χ2v) is 9.72. The highest BCUT2D eigenvalue weighted by Crippen LogP contribution is 2.37. The molecule has 0 unspecified atom stereocenters. The molecule has 0 spiro atoms. The van der Waals surface area contributed by atoms with Crippen molar-refractivity contribution in [1.82, 2.24) is 25.0 Å². The quantitative estimate of drug-likeness (QED) is 0.388. The zero-order chi connectivity index (χ0) is 24.8. The first-order valence-electron chi connectivity index (χ1n) is 11.9. The molecule has 3 heterocycles. The Bertz CT molecular complexity index is 1240. The Morgan fingerprint density at radius 3 is 2.61 bits per heavy atom. The highest BCUT2D eigenvalue weighted by atomic mass is 35.5. The van der Waals surface area contributed by atoms with Gasteiger partial charge in [0.2, 0.25) is 11.8 Å². The molecule has 0 saturated carbocycles. The molecule has 1 aliphatic heterocycles. The van der Waals surface area contributed by atoms with Crippen molar-refractivity contribution >= 4 is 40.7 Å². The summed E-state index contributed by atoms with van der Waals surface area (Å²) >= 11 is 1.33. The Morgan fingerprint density at radius 2 is 1.92 bits per heavy atom. The van der Waals surface area contributed by atoms with Crippen LogP contribution in [0.2, 0.25) is 0 Å². The number of likely N-dealkylation sites (tertiary alicyclic amines) is 1. The van der Waals surface area contributed by atoms with Crippen molar-refractivity contribution in [2.75, 3.05) is 31.5 Å². The summed E-state index contributed by atoms with van der Waals surface area (Å²) in [6.45, 7) is 6.17. The molecule has 1 aromatic carbocycles. The number of benzene rings is 1.